The maximum Gasteiger partial charge on any atom is 0.254 e. The van der Waals surface area contributed by atoms with Gasteiger partial charge in [-0.2, -0.15) is 0 Å². The summed E-state index contributed by atoms with van der Waals surface area (Å²) in [5.74, 6) is -0.00533. The maximum atomic E-state index is 12.3. The Bertz CT molecular complexity index is 498. The number of pyridine rings is 1. The van der Waals surface area contributed by atoms with Gasteiger partial charge in [0.2, 0.25) is 5.91 Å². The molecule has 1 saturated heterocycles. The van der Waals surface area contributed by atoms with Crippen LogP contribution in [0.2, 0.25) is 0 Å². The third-order valence-electron chi connectivity index (χ3n) is 3.99. The summed E-state index contributed by atoms with van der Waals surface area (Å²) < 4.78 is 0. The Morgan fingerprint density at radius 1 is 1.18 bits per heavy atom. The zero-order valence-electron chi connectivity index (χ0n) is 13.1. The summed E-state index contributed by atoms with van der Waals surface area (Å²) >= 11 is 0. The van der Waals surface area contributed by atoms with Crippen LogP contribution in [0.15, 0.2) is 24.5 Å². The standard InChI is InChI=1S/C16H24N4O2/c1-2-3-4-14(17)16(22)20-11-9-19(10-12-20)15(21)13-5-7-18-8-6-13/h5-8,14H,2-4,9-12,17H2,1H3. The minimum atomic E-state index is -0.414. The summed E-state index contributed by atoms with van der Waals surface area (Å²) in [5.41, 5.74) is 6.57. The summed E-state index contributed by atoms with van der Waals surface area (Å²) in [5, 5.41) is 0. The van der Waals surface area contributed by atoms with Crippen LogP contribution >= 0.6 is 0 Å². The van der Waals surface area contributed by atoms with E-state index in [1.54, 1.807) is 34.3 Å². The number of carbonyl (C=O) groups is 2. The number of nitrogens with zero attached hydrogens (tertiary/aromatic N) is 3. The van der Waals surface area contributed by atoms with E-state index in [1.807, 2.05) is 0 Å². The minimum absolute atomic E-state index is 0.00413. The number of unbranched alkanes of at least 4 members (excludes halogenated alkanes) is 1. The van der Waals surface area contributed by atoms with Gasteiger partial charge in [0.05, 0.1) is 6.04 Å². The van der Waals surface area contributed by atoms with E-state index < -0.39 is 6.04 Å². The second-order valence-corrected chi connectivity index (χ2v) is 5.60. The molecule has 2 rings (SSSR count). The van der Waals surface area contributed by atoms with Crippen molar-refractivity contribution in [1.29, 1.82) is 0 Å². The molecule has 6 heteroatoms. The van der Waals surface area contributed by atoms with E-state index in [1.165, 1.54) is 0 Å². The Labute approximate surface area is 131 Å². The van der Waals surface area contributed by atoms with E-state index >= 15 is 0 Å². The molecule has 0 aliphatic carbocycles. The highest BCUT2D eigenvalue weighted by molar-refractivity contribution is 5.94. The fraction of sp³-hybridized carbons (Fsp3) is 0.562. The summed E-state index contributed by atoms with van der Waals surface area (Å²) in [6, 6.07) is 3.00. The molecule has 0 aromatic carbocycles. The number of amides is 2. The summed E-state index contributed by atoms with van der Waals surface area (Å²) in [4.78, 5) is 32.0. The predicted octanol–water partition coefficient (Wildman–Crippen LogP) is 0.883. The van der Waals surface area contributed by atoms with E-state index in [9.17, 15) is 9.59 Å². The summed E-state index contributed by atoms with van der Waals surface area (Å²) in [6.07, 6.45) is 5.95. The molecule has 0 spiro atoms. The molecule has 0 bridgehead atoms. The van der Waals surface area contributed by atoms with E-state index in [-0.39, 0.29) is 11.8 Å². The fourth-order valence-corrected chi connectivity index (χ4v) is 2.59. The second-order valence-electron chi connectivity index (χ2n) is 5.60. The lowest BCUT2D eigenvalue weighted by Gasteiger charge is -2.36. The molecule has 0 radical (unpaired) electrons. The quantitative estimate of drug-likeness (QED) is 0.876. The van der Waals surface area contributed by atoms with Crippen molar-refractivity contribution < 1.29 is 9.59 Å². The van der Waals surface area contributed by atoms with Crippen LogP contribution in [0.5, 0.6) is 0 Å². The summed E-state index contributed by atoms with van der Waals surface area (Å²) in [7, 11) is 0. The van der Waals surface area contributed by atoms with Crippen molar-refractivity contribution in [2.45, 2.75) is 32.2 Å². The molecule has 1 aromatic rings. The highest BCUT2D eigenvalue weighted by Crippen LogP contribution is 2.10. The Morgan fingerprint density at radius 3 is 2.36 bits per heavy atom. The SMILES string of the molecule is CCCCC(N)C(=O)N1CCN(C(=O)c2ccncc2)CC1. The molecule has 1 unspecified atom stereocenters. The van der Waals surface area contributed by atoms with Gasteiger partial charge in [0, 0.05) is 44.1 Å². The van der Waals surface area contributed by atoms with Crippen LogP contribution in [0.3, 0.4) is 0 Å². The molecule has 120 valence electrons. The van der Waals surface area contributed by atoms with Crippen molar-refractivity contribution >= 4 is 11.8 Å². The van der Waals surface area contributed by atoms with E-state index in [2.05, 4.69) is 11.9 Å². The van der Waals surface area contributed by atoms with Gasteiger partial charge in [0.1, 0.15) is 0 Å². The van der Waals surface area contributed by atoms with Gasteiger partial charge in [-0.25, -0.2) is 0 Å². The number of rotatable bonds is 5. The molecule has 1 aliphatic rings. The second kappa shape index (κ2) is 7.89. The lowest BCUT2D eigenvalue weighted by Crippen LogP contribution is -2.54. The van der Waals surface area contributed by atoms with Crippen LogP contribution in [-0.2, 0) is 4.79 Å². The molecule has 1 atom stereocenters. The van der Waals surface area contributed by atoms with Gasteiger partial charge in [0.25, 0.3) is 5.91 Å². The molecular formula is C16H24N4O2. The lowest BCUT2D eigenvalue weighted by molar-refractivity contribution is -0.134. The number of piperazine rings is 1. The first-order valence-corrected chi connectivity index (χ1v) is 7.87. The van der Waals surface area contributed by atoms with Gasteiger partial charge in [-0.05, 0) is 18.6 Å². The van der Waals surface area contributed by atoms with E-state index in [4.69, 9.17) is 5.73 Å². The molecule has 1 fully saturated rings. The third-order valence-corrected chi connectivity index (χ3v) is 3.99. The van der Waals surface area contributed by atoms with Gasteiger partial charge in [0.15, 0.2) is 0 Å². The monoisotopic (exact) mass is 304 g/mol. The molecule has 6 nitrogen and oxygen atoms in total. The molecule has 2 heterocycles. The van der Waals surface area contributed by atoms with Crippen molar-refractivity contribution in [2.75, 3.05) is 26.2 Å². The number of aromatic nitrogens is 1. The van der Waals surface area contributed by atoms with Crippen molar-refractivity contribution in [3.63, 3.8) is 0 Å². The van der Waals surface area contributed by atoms with E-state index in [0.29, 0.717) is 31.7 Å². The van der Waals surface area contributed by atoms with E-state index in [0.717, 1.165) is 19.3 Å². The smallest absolute Gasteiger partial charge is 0.254 e. The molecule has 1 aromatic heterocycles. The average Bonchev–Trinajstić information content (AvgIpc) is 2.59. The first-order chi connectivity index (χ1) is 10.6. The highest BCUT2D eigenvalue weighted by atomic mass is 16.2. The van der Waals surface area contributed by atoms with Gasteiger partial charge < -0.3 is 15.5 Å². The van der Waals surface area contributed by atoms with Crippen LogP contribution in [-0.4, -0.2) is 58.8 Å². The van der Waals surface area contributed by atoms with Crippen LogP contribution in [0.1, 0.15) is 36.5 Å². The molecule has 1 aliphatic heterocycles. The number of hydrogen-bond donors (Lipinski definition) is 1. The molecule has 2 amide bonds. The summed E-state index contributed by atoms with van der Waals surface area (Å²) in [6.45, 7) is 4.28. The molecule has 22 heavy (non-hydrogen) atoms. The Balaban J connectivity index is 1.85. The van der Waals surface area contributed by atoms with Crippen LogP contribution < -0.4 is 5.73 Å². The van der Waals surface area contributed by atoms with Crippen molar-refractivity contribution in [1.82, 2.24) is 14.8 Å². The van der Waals surface area contributed by atoms with Crippen molar-refractivity contribution in [2.24, 2.45) is 5.73 Å². The first kappa shape index (κ1) is 16.4. The fourth-order valence-electron chi connectivity index (χ4n) is 2.59. The van der Waals surface area contributed by atoms with Gasteiger partial charge in [-0.1, -0.05) is 19.8 Å². The maximum absolute atomic E-state index is 12.3. The topological polar surface area (TPSA) is 79.5 Å². The Morgan fingerprint density at radius 2 is 1.77 bits per heavy atom. The van der Waals surface area contributed by atoms with Crippen molar-refractivity contribution in [3.05, 3.63) is 30.1 Å². The Kier molecular flexibility index (Phi) is 5.89. The van der Waals surface area contributed by atoms with Gasteiger partial charge >= 0.3 is 0 Å². The molecule has 0 saturated carbocycles. The zero-order valence-corrected chi connectivity index (χ0v) is 13.1. The van der Waals surface area contributed by atoms with Crippen LogP contribution in [0.4, 0.5) is 0 Å². The Hall–Kier alpha value is -1.95. The molecule has 2 N–H and O–H groups in total. The lowest BCUT2D eigenvalue weighted by atomic mass is 10.1. The van der Waals surface area contributed by atoms with Gasteiger partial charge in [-0.15, -0.1) is 0 Å². The zero-order chi connectivity index (χ0) is 15.9. The average molecular weight is 304 g/mol. The number of nitrogens with two attached hydrogens (primary N) is 1. The third kappa shape index (κ3) is 4.04. The van der Waals surface area contributed by atoms with Crippen LogP contribution in [0, 0.1) is 0 Å². The highest BCUT2D eigenvalue weighted by Gasteiger charge is 2.27. The van der Waals surface area contributed by atoms with Crippen molar-refractivity contribution in [3.8, 4) is 0 Å². The van der Waals surface area contributed by atoms with Crippen LogP contribution in [0.25, 0.3) is 0 Å². The number of carbonyl (C=O) groups excluding carboxylic acids is 2. The minimum Gasteiger partial charge on any atom is -0.338 e. The number of hydrogen-bond acceptors (Lipinski definition) is 4. The van der Waals surface area contributed by atoms with Gasteiger partial charge in [-0.3, -0.25) is 14.6 Å². The normalized spacial score (nSPS) is 16.5. The predicted molar refractivity (Wildman–Crippen MR) is 84.2 cm³/mol. The molecular weight excluding hydrogens is 280 g/mol. The first-order valence-electron chi connectivity index (χ1n) is 7.87. The largest absolute Gasteiger partial charge is 0.338 e.